The van der Waals surface area contributed by atoms with Crippen LogP contribution in [0.1, 0.15) is 37.4 Å². The van der Waals surface area contributed by atoms with Gasteiger partial charge in [0, 0.05) is 41.7 Å². The van der Waals surface area contributed by atoms with Crippen LogP contribution < -0.4 is 9.47 Å². The Kier molecular flexibility index (Phi) is 9.66. The van der Waals surface area contributed by atoms with Crippen LogP contribution in [0.15, 0.2) is 59.6 Å². The Hall–Kier alpha value is -2.81. The average molecular weight is 525 g/mol. The molecule has 2 N–H and O–H groups in total. The standard InChI is InChI=1S/C29H36N2O5S/c1-35-22-4-3-5-24(17-22)37-15-14-31-13-11-20(21(19-31)16-29(33)34)6-9-28(32)25-10-12-30-27-8-7-23(36-2)18-26(25)27/h3-5,7-8,10,12,17-18,20-21,28,32H,6,9,11,13-16,19H2,1-2H3,(H,33,34)/t20-,21+,28+/m1/s1. The lowest BCUT2D eigenvalue weighted by molar-refractivity contribution is -0.139. The molecule has 1 aliphatic rings. The van der Waals surface area contributed by atoms with Crippen molar-refractivity contribution in [3.8, 4) is 11.5 Å². The summed E-state index contributed by atoms with van der Waals surface area (Å²) in [5, 5.41) is 21.5. The molecule has 7 nitrogen and oxygen atoms in total. The number of rotatable bonds is 12. The van der Waals surface area contributed by atoms with Gasteiger partial charge in [0.15, 0.2) is 0 Å². The van der Waals surface area contributed by atoms with E-state index in [-0.39, 0.29) is 18.3 Å². The van der Waals surface area contributed by atoms with Crippen LogP contribution in [0.3, 0.4) is 0 Å². The number of carboxylic acid groups (broad SMARTS) is 1. The zero-order chi connectivity index (χ0) is 26.2. The van der Waals surface area contributed by atoms with E-state index in [4.69, 9.17) is 9.47 Å². The van der Waals surface area contributed by atoms with Gasteiger partial charge in [-0.05, 0) is 85.7 Å². The smallest absolute Gasteiger partial charge is 0.303 e. The maximum absolute atomic E-state index is 11.6. The van der Waals surface area contributed by atoms with Crippen molar-refractivity contribution in [2.75, 3.05) is 39.6 Å². The molecule has 1 aliphatic heterocycles. The van der Waals surface area contributed by atoms with E-state index < -0.39 is 12.1 Å². The molecule has 1 saturated heterocycles. The fourth-order valence-corrected chi connectivity index (χ4v) is 6.23. The number of pyridine rings is 1. The average Bonchev–Trinajstić information content (AvgIpc) is 2.91. The molecule has 0 aliphatic carbocycles. The number of hydrogen-bond acceptors (Lipinski definition) is 7. The molecule has 2 aromatic carbocycles. The van der Waals surface area contributed by atoms with Crippen LogP contribution in [0.2, 0.25) is 0 Å². The maximum Gasteiger partial charge on any atom is 0.303 e. The van der Waals surface area contributed by atoms with Gasteiger partial charge in [-0.3, -0.25) is 9.78 Å². The first kappa shape index (κ1) is 27.2. The molecule has 3 atom stereocenters. The van der Waals surface area contributed by atoms with E-state index in [1.807, 2.05) is 42.5 Å². The zero-order valence-corrected chi connectivity index (χ0v) is 22.3. The largest absolute Gasteiger partial charge is 0.497 e. The summed E-state index contributed by atoms with van der Waals surface area (Å²) in [5.74, 6) is 2.12. The van der Waals surface area contributed by atoms with E-state index in [1.54, 1.807) is 32.2 Å². The van der Waals surface area contributed by atoms with Crippen molar-refractivity contribution >= 4 is 28.6 Å². The number of hydrogen-bond donors (Lipinski definition) is 2. The summed E-state index contributed by atoms with van der Waals surface area (Å²) >= 11 is 1.79. The van der Waals surface area contributed by atoms with Gasteiger partial charge < -0.3 is 24.6 Å². The number of likely N-dealkylation sites (tertiary alicyclic amines) is 1. The number of aliphatic carboxylic acids is 1. The highest BCUT2D eigenvalue weighted by molar-refractivity contribution is 7.99. The molecule has 1 fully saturated rings. The Balaban J connectivity index is 1.34. The predicted octanol–water partition coefficient (Wildman–Crippen LogP) is 5.27. The third kappa shape index (κ3) is 7.37. The number of benzene rings is 2. The lowest BCUT2D eigenvalue weighted by Gasteiger charge is -2.38. The Labute approximate surface area is 222 Å². The van der Waals surface area contributed by atoms with Gasteiger partial charge in [0.25, 0.3) is 0 Å². The molecule has 4 rings (SSSR count). The molecule has 0 unspecified atom stereocenters. The summed E-state index contributed by atoms with van der Waals surface area (Å²) < 4.78 is 10.7. The van der Waals surface area contributed by atoms with Crippen molar-refractivity contribution in [1.29, 1.82) is 0 Å². The molecule has 2 heterocycles. The van der Waals surface area contributed by atoms with Crippen molar-refractivity contribution in [3.63, 3.8) is 0 Å². The number of nitrogens with zero attached hydrogens (tertiary/aromatic N) is 2. The first-order valence-electron chi connectivity index (χ1n) is 12.8. The molecular weight excluding hydrogens is 488 g/mol. The number of aromatic nitrogens is 1. The van der Waals surface area contributed by atoms with Gasteiger partial charge in [-0.1, -0.05) is 6.07 Å². The molecule has 0 spiro atoms. The molecule has 0 bridgehead atoms. The Morgan fingerprint density at radius 2 is 1.95 bits per heavy atom. The molecule has 8 heteroatoms. The van der Waals surface area contributed by atoms with Crippen molar-refractivity contribution in [1.82, 2.24) is 9.88 Å². The molecule has 0 amide bonds. The highest BCUT2D eigenvalue weighted by atomic mass is 32.2. The number of aliphatic hydroxyl groups excluding tert-OH is 1. The Morgan fingerprint density at radius 3 is 2.73 bits per heavy atom. The third-order valence-corrected chi connectivity index (χ3v) is 8.26. The minimum Gasteiger partial charge on any atom is -0.497 e. The summed E-state index contributed by atoms with van der Waals surface area (Å²) in [4.78, 5) is 19.6. The third-order valence-electron chi connectivity index (χ3n) is 7.28. The number of aliphatic hydroxyl groups is 1. The van der Waals surface area contributed by atoms with Crippen LogP contribution in [0.5, 0.6) is 11.5 Å². The number of methoxy groups -OCH3 is 2. The SMILES string of the molecule is COc1cccc(SCCN2CC[C@@H](CC[C@H](O)c3ccnc4ccc(OC)cc34)[C@@H](CC(=O)O)C2)c1. The normalized spacial score (nSPS) is 19.0. The second kappa shape index (κ2) is 13.1. The van der Waals surface area contributed by atoms with Gasteiger partial charge >= 0.3 is 5.97 Å². The van der Waals surface area contributed by atoms with Crippen molar-refractivity contribution in [2.24, 2.45) is 11.8 Å². The fraction of sp³-hybridized carbons (Fsp3) is 0.448. The molecular formula is C29H36N2O5S. The highest BCUT2D eigenvalue weighted by Gasteiger charge is 2.31. The number of carboxylic acids is 1. The van der Waals surface area contributed by atoms with E-state index in [1.165, 1.54) is 4.90 Å². The number of piperidine rings is 1. The monoisotopic (exact) mass is 524 g/mol. The van der Waals surface area contributed by atoms with Gasteiger partial charge in [0.2, 0.25) is 0 Å². The molecule has 3 aromatic rings. The van der Waals surface area contributed by atoms with Crippen molar-refractivity contribution in [2.45, 2.75) is 36.7 Å². The van der Waals surface area contributed by atoms with E-state index in [0.717, 1.165) is 66.2 Å². The van der Waals surface area contributed by atoms with Gasteiger partial charge in [-0.2, -0.15) is 0 Å². The lowest BCUT2D eigenvalue weighted by atomic mass is 9.79. The van der Waals surface area contributed by atoms with Crippen LogP contribution in [0, 0.1) is 11.8 Å². The van der Waals surface area contributed by atoms with Crippen LogP contribution in [0.4, 0.5) is 0 Å². The van der Waals surface area contributed by atoms with Crippen LogP contribution in [-0.4, -0.2) is 65.7 Å². The number of thioether (sulfide) groups is 1. The number of ether oxygens (including phenoxy) is 2. The number of fused-ring (bicyclic) bond motifs is 1. The van der Waals surface area contributed by atoms with Crippen LogP contribution in [-0.2, 0) is 4.79 Å². The fourth-order valence-electron chi connectivity index (χ4n) is 5.27. The molecule has 0 saturated carbocycles. The van der Waals surface area contributed by atoms with Crippen LogP contribution >= 0.6 is 11.8 Å². The van der Waals surface area contributed by atoms with Crippen LogP contribution in [0.25, 0.3) is 10.9 Å². The maximum atomic E-state index is 11.6. The van der Waals surface area contributed by atoms with E-state index in [2.05, 4.69) is 16.0 Å². The molecule has 0 radical (unpaired) electrons. The van der Waals surface area contributed by atoms with E-state index in [0.29, 0.717) is 6.42 Å². The van der Waals surface area contributed by atoms with Gasteiger partial charge in [-0.15, -0.1) is 11.8 Å². The quantitative estimate of drug-likeness (QED) is 0.310. The summed E-state index contributed by atoms with van der Waals surface area (Å²) in [6.45, 7) is 2.64. The highest BCUT2D eigenvalue weighted by Crippen LogP contribution is 2.35. The molecule has 37 heavy (non-hydrogen) atoms. The van der Waals surface area contributed by atoms with Gasteiger partial charge in [-0.25, -0.2) is 0 Å². The van der Waals surface area contributed by atoms with Gasteiger partial charge in [0.1, 0.15) is 11.5 Å². The predicted molar refractivity (Wildman–Crippen MR) is 146 cm³/mol. The van der Waals surface area contributed by atoms with Gasteiger partial charge in [0.05, 0.1) is 25.8 Å². The van der Waals surface area contributed by atoms with Crippen molar-refractivity contribution < 1.29 is 24.5 Å². The zero-order valence-electron chi connectivity index (χ0n) is 21.5. The summed E-state index contributed by atoms with van der Waals surface area (Å²) in [5.41, 5.74) is 1.66. The Morgan fingerprint density at radius 1 is 1.14 bits per heavy atom. The van der Waals surface area contributed by atoms with E-state index in [9.17, 15) is 15.0 Å². The minimum atomic E-state index is -0.754. The van der Waals surface area contributed by atoms with E-state index >= 15 is 0 Å². The Bertz CT molecular complexity index is 1190. The summed E-state index contributed by atoms with van der Waals surface area (Å²) in [6, 6.07) is 15.6. The summed E-state index contributed by atoms with van der Waals surface area (Å²) in [7, 11) is 3.30. The molecule has 1 aromatic heterocycles. The molecule has 198 valence electrons. The van der Waals surface area contributed by atoms with Crippen molar-refractivity contribution in [3.05, 3.63) is 60.3 Å². The number of carbonyl (C=O) groups is 1. The topological polar surface area (TPSA) is 92.1 Å². The minimum absolute atomic E-state index is 0.0783. The second-order valence-corrected chi connectivity index (χ2v) is 10.8. The second-order valence-electron chi connectivity index (χ2n) is 9.61. The first-order chi connectivity index (χ1) is 18.0. The first-order valence-corrected chi connectivity index (χ1v) is 13.8. The lowest BCUT2D eigenvalue weighted by Crippen LogP contribution is -2.42. The summed E-state index contributed by atoms with van der Waals surface area (Å²) in [6.07, 6.45) is 3.57.